The number of anilines is 2. The Kier molecular flexibility index (Phi) is 2.13. The quantitative estimate of drug-likeness (QED) is 0.815. The molecule has 1 aromatic heterocycles. The highest BCUT2D eigenvalue weighted by Crippen LogP contribution is 2.46. The first kappa shape index (κ1) is 10.00. The van der Waals surface area contributed by atoms with Crippen LogP contribution in [-0.2, 0) is 7.05 Å². The molecule has 1 heterocycles. The van der Waals surface area contributed by atoms with Crippen molar-refractivity contribution in [1.82, 2.24) is 9.78 Å². The molecule has 0 spiro atoms. The molecule has 3 N–H and O–H groups in total. The highest BCUT2D eigenvalue weighted by Gasteiger charge is 2.42. The first-order chi connectivity index (χ1) is 7.66. The summed E-state index contributed by atoms with van der Waals surface area (Å²) in [5.74, 6) is 2.77. The van der Waals surface area contributed by atoms with E-state index in [0.29, 0.717) is 6.04 Å². The zero-order valence-electron chi connectivity index (χ0n) is 10.0. The molecule has 0 atom stereocenters. The number of aromatic nitrogens is 2. The normalized spacial score (nSPS) is 20.4. The fourth-order valence-electron chi connectivity index (χ4n) is 2.53. The smallest absolute Gasteiger partial charge is 0.148 e. The van der Waals surface area contributed by atoms with Crippen LogP contribution in [0.4, 0.5) is 11.5 Å². The maximum absolute atomic E-state index is 6.05. The second-order valence-electron chi connectivity index (χ2n) is 5.32. The predicted octanol–water partition coefficient (Wildman–Crippen LogP) is 1.91. The van der Waals surface area contributed by atoms with Crippen molar-refractivity contribution in [3.05, 3.63) is 5.69 Å². The average Bonchev–Trinajstić information content (AvgIpc) is 3.12. The van der Waals surface area contributed by atoms with Crippen molar-refractivity contribution >= 4 is 11.5 Å². The number of aryl methyl sites for hydroxylation is 2. The molecule has 0 saturated heterocycles. The van der Waals surface area contributed by atoms with E-state index in [9.17, 15) is 0 Å². The van der Waals surface area contributed by atoms with Crippen LogP contribution in [0.5, 0.6) is 0 Å². The van der Waals surface area contributed by atoms with Crippen LogP contribution in [0, 0.1) is 18.8 Å². The minimum Gasteiger partial charge on any atom is -0.394 e. The van der Waals surface area contributed by atoms with E-state index in [1.54, 1.807) is 0 Å². The summed E-state index contributed by atoms with van der Waals surface area (Å²) in [4.78, 5) is 0. The molecule has 4 heteroatoms. The molecular weight excluding hydrogens is 200 g/mol. The van der Waals surface area contributed by atoms with E-state index in [1.165, 1.54) is 25.7 Å². The number of hydrogen-bond acceptors (Lipinski definition) is 3. The molecule has 4 nitrogen and oxygen atoms in total. The summed E-state index contributed by atoms with van der Waals surface area (Å²) in [6.45, 7) is 1.96. The van der Waals surface area contributed by atoms with Crippen LogP contribution in [0.15, 0.2) is 0 Å². The molecule has 1 aromatic rings. The molecule has 0 amide bonds. The molecule has 2 fully saturated rings. The maximum atomic E-state index is 6.05. The van der Waals surface area contributed by atoms with Crippen LogP contribution in [-0.4, -0.2) is 15.8 Å². The van der Waals surface area contributed by atoms with Crippen LogP contribution in [0.2, 0.25) is 0 Å². The van der Waals surface area contributed by atoms with Crippen LogP contribution in [0.1, 0.15) is 31.4 Å². The van der Waals surface area contributed by atoms with Gasteiger partial charge in [0.05, 0.1) is 11.4 Å². The first-order valence-electron chi connectivity index (χ1n) is 6.22. The van der Waals surface area contributed by atoms with E-state index < -0.39 is 0 Å². The zero-order valence-corrected chi connectivity index (χ0v) is 10.0. The Labute approximate surface area is 96.2 Å². The fraction of sp³-hybridized carbons (Fsp3) is 0.750. The van der Waals surface area contributed by atoms with Gasteiger partial charge in [-0.25, -0.2) is 0 Å². The third-order valence-electron chi connectivity index (χ3n) is 3.83. The van der Waals surface area contributed by atoms with Crippen LogP contribution in [0.25, 0.3) is 0 Å². The molecule has 88 valence electrons. The molecule has 0 radical (unpaired) electrons. The van der Waals surface area contributed by atoms with Gasteiger partial charge in [-0.1, -0.05) is 0 Å². The molecule has 2 saturated carbocycles. The SMILES string of the molecule is Cc1nn(C)c(NC(C2CC2)C2CC2)c1N. The Bertz CT molecular complexity index is 389. The van der Waals surface area contributed by atoms with Crippen molar-refractivity contribution in [3.63, 3.8) is 0 Å². The third kappa shape index (κ3) is 1.66. The monoisotopic (exact) mass is 220 g/mol. The van der Waals surface area contributed by atoms with Crippen LogP contribution >= 0.6 is 0 Å². The molecule has 3 rings (SSSR count). The Morgan fingerprint density at radius 3 is 2.25 bits per heavy atom. The summed E-state index contributed by atoms with van der Waals surface area (Å²) in [6.07, 6.45) is 5.52. The standard InChI is InChI=1S/C12H20N4/c1-7-10(13)12(16(2)15-7)14-11(8-3-4-8)9-5-6-9/h8-9,11,14H,3-6,13H2,1-2H3. The highest BCUT2D eigenvalue weighted by atomic mass is 15.3. The minimum atomic E-state index is 0.636. The summed E-state index contributed by atoms with van der Waals surface area (Å²) >= 11 is 0. The van der Waals surface area contributed by atoms with Gasteiger partial charge in [0.15, 0.2) is 0 Å². The Balaban J connectivity index is 1.80. The molecule has 2 aliphatic carbocycles. The maximum Gasteiger partial charge on any atom is 0.148 e. The largest absolute Gasteiger partial charge is 0.394 e. The van der Waals surface area contributed by atoms with Crippen molar-refractivity contribution in [2.45, 2.75) is 38.6 Å². The van der Waals surface area contributed by atoms with E-state index in [-0.39, 0.29) is 0 Å². The summed E-state index contributed by atoms with van der Waals surface area (Å²) in [7, 11) is 1.96. The van der Waals surface area contributed by atoms with Crippen LogP contribution in [0.3, 0.4) is 0 Å². The van der Waals surface area contributed by atoms with E-state index >= 15 is 0 Å². The van der Waals surface area contributed by atoms with Gasteiger partial charge >= 0.3 is 0 Å². The summed E-state index contributed by atoms with van der Waals surface area (Å²) < 4.78 is 1.88. The van der Waals surface area contributed by atoms with Gasteiger partial charge in [0, 0.05) is 13.1 Å². The molecule has 0 unspecified atom stereocenters. The van der Waals surface area contributed by atoms with E-state index in [1.807, 2.05) is 18.7 Å². The van der Waals surface area contributed by atoms with Crippen molar-refractivity contribution in [2.24, 2.45) is 18.9 Å². The Hall–Kier alpha value is -1.19. The molecular formula is C12H20N4. The molecule has 16 heavy (non-hydrogen) atoms. The summed E-state index contributed by atoms with van der Waals surface area (Å²) in [6, 6.07) is 0.636. The number of nitrogens with zero attached hydrogens (tertiary/aromatic N) is 2. The average molecular weight is 220 g/mol. The Morgan fingerprint density at radius 1 is 1.31 bits per heavy atom. The van der Waals surface area contributed by atoms with Gasteiger partial charge in [-0.15, -0.1) is 0 Å². The van der Waals surface area contributed by atoms with Crippen LogP contribution < -0.4 is 11.1 Å². The minimum absolute atomic E-state index is 0.636. The lowest BCUT2D eigenvalue weighted by atomic mass is 10.1. The number of nitrogen functional groups attached to an aromatic ring is 1. The third-order valence-corrected chi connectivity index (χ3v) is 3.83. The first-order valence-corrected chi connectivity index (χ1v) is 6.22. The van der Waals surface area contributed by atoms with Crippen molar-refractivity contribution in [1.29, 1.82) is 0 Å². The van der Waals surface area contributed by atoms with Gasteiger partial charge in [0.2, 0.25) is 0 Å². The zero-order chi connectivity index (χ0) is 11.3. The second kappa shape index (κ2) is 3.40. The number of rotatable bonds is 4. The van der Waals surface area contributed by atoms with E-state index in [0.717, 1.165) is 29.0 Å². The van der Waals surface area contributed by atoms with Crippen molar-refractivity contribution in [2.75, 3.05) is 11.1 Å². The fourth-order valence-corrected chi connectivity index (χ4v) is 2.53. The second-order valence-corrected chi connectivity index (χ2v) is 5.32. The predicted molar refractivity (Wildman–Crippen MR) is 65.2 cm³/mol. The summed E-state index contributed by atoms with van der Waals surface area (Å²) in [5.41, 5.74) is 7.79. The van der Waals surface area contributed by atoms with E-state index in [4.69, 9.17) is 5.73 Å². The summed E-state index contributed by atoms with van der Waals surface area (Å²) in [5, 5.41) is 7.99. The van der Waals surface area contributed by atoms with Gasteiger partial charge < -0.3 is 11.1 Å². The van der Waals surface area contributed by atoms with Crippen molar-refractivity contribution < 1.29 is 0 Å². The van der Waals surface area contributed by atoms with Gasteiger partial charge in [-0.3, -0.25) is 4.68 Å². The highest BCUT2D eigenvalue weighted by molar-refractivity contribution is 5.65. The molecule has 0 aliphatic heterocycles. The van der Waals surface area contributed by atoms with Gasteiger partial charge in [0.25, 0.3) is 0 Å². The number of hydrogen-bond donors (Lipinski definition) is 2. The number of nitrogens with one attached hydrogen (secondary N) is 1. The topological polar surface area (TPSA) is 55.9 Å². The van der Waals surface area contributed by atoms with Gasteiger partial charge in [0.1, 0.15) is 5.82 Å². The van der Waals surface area contributed by atoms with Gasteiger partial charge in [-0.2, -0.15) is 5.10 Å². The number of nitrogens with two attached hydrogens (primary N) is 1. The lowest BCUT2D eigenvalue weighted by molar-refractivity contribution is 0.560. The molecule has 0 aromatic carbocycles. The van der Waals surface area contributed by atoms with Gasteiger partial charge in [-0.05, 0) is 44.4 Å². The lowest BCUT2D eigenvalue weighted by Gasteiger charge is -2.19. The Morgan fingerprint density at radius 2 is 1.88 bits per heavy atom. The van der Waals surface area contributed by atoms with E-state index in [2.05, 4.69) is 10.4 Å². The lowest BCUT2D eigenvalue weighted by Crippen LogP contribution is -2.26. The molecule has 2 aliphatic rings. The van der Waals surface area contributed by atoms with Crippen molar-refractivity contribution in [3.8, 4) is 0 Å². The molecule has 0 bridgehead atoms.